The minimum Gasteiger partial charge on any atom is -0.491 e. The second-order valence-electron chi connectivity index (χ2n) is 4.47. The molecule has 0 radical (unpaired) electrons. The van der Waals surface area contributed by atoms with Crippen LogP contribution in [0.5, 0.6) is 5.75 Å². The maximum Gasteiger partial charge on any atom is 0.199 e. The van der Waals surface area contributed by atoms with Crippen LogP contribution in [0.25, 0.3) is 11.1 Å². The van der Waals surface area contributed by atoms with Crippen LogP contribution in [-0.4, -0.2) is 23.3 Å². The molecular weight excluding hydrogens is 254 g/mol. The van der Waals surface area contributed by atoms with Crippen LogP contribution in [0.1, 0.15) is 11.5 Å². The quantitative estimate of drug-likeness (QED) is 0.773. The van der Waals surface area contributed by atoms with E-state index in [1.807, 2.05) is 42.5 Å². The molecule has 0 bridgehead atoms. The van der Waals surface area contributed by atoms with E-state index < -0.39 is 0 Å². The number of rotatable bonds is 5. The molecule has 1 N–H and O–H groups in total. The summed E-state index contributed by atoms with van der Waals surface area (Å²) in [6.07, 6.45) is 0.669. The van der Waals surface area contributed by atoms with E-state index in [0.29, 0.717) is 23.6 Å². The first-order chi connectivity index (χ1) is 9.85. The van der Waals surface area contributed by atoms with E-state index in [2.05, 4.69) is 4.98 Å². The Labute approximate surface area is 116 Å². The minimum atomic E-state index is -0.00625. The lowest BCUT2D eigenvalue weighted by molar-refractivity contribution is 0.201. The fourth-order valence-corrected chi connectivity index (χ4v) is 2.05. The van der Waals surface area contributed by atoms with E-state index in [1.54, 1.807) is 6.07 Å². The van der Waals surface area contributed by atoms with Crippen LogP contribution >= 0.6 is 0 Å². The van der Waals surface area contributed by atoms with Crippen molar-refractivity contribution in [2.45, 2.75) is 6.42 Å². The zero-order valence-electron chi connectivity index (χ0n) is 11.0. The Morgan fingerprint density at radius 3 is 2.75 bits per heavy atom. The Kier molecular flexibility index (Phi) is 3.65. The number of hydrogen-bond acceptors (Lipinski definition) is 4. The summed E-state index contributed by atoms with van der Waals surface area (Å²) >= 11 is 0. The molecule has 0 saturated carbocycles. The van der Waals surface area contributed by atoms with Crippen LogP contribution < -0.4 is 4.74 Å². The zero-order chi connectivity index (χ0) is 13.8. The SMILES string of the molecule is OCCOc1ccc2nc(Cc3ccccc3)oc2c1. The van der Waals surface area contributed by atoms with Crippen molar-refractivity contribution in [2.24, 2.45) is 0 Å². The summed E-state index contributed by atoms with van der Waals surface area (Å²) in [4.78, 5) is 4.46. The molecular formula is C16H15NO3. The number of aliphatic hydroxyl groups is 1. The van der Waals surface area contributed by atoms with Crippen LogP contribution in [0.15, 0.2) is 52.9 Å². The van der Waals surface area contributed by atoms with Crippen molar-refractivity contribution in [1.82, 2.24) is 4.98 Å². The summed E-state index contributed by atoms with van der Waals surface area (Å²) in [5.41, 5.74) is 2.68. The molecule has 0 aliphatic rings. The molecule has 0 aliphatic carbocycles. The first-order valence-electron chi connectivity index (χ1n) is 6.52. The number of oxazole rings is 1. The van der Waals surface area contributed by atoms with Gasteiger partial charge in [0.1, 0.15) is 17.9 Å². The number of aromatic nitrogens is 1. The zero-order valence-corrected chi connectivity index (χ0v) is 11.0. The fourth-order valence-electron chi connectivity index (χ4n) is 2.05. The number of nitrogens with zero attached hydrogens (tertiary/aromatic N) is 1. The largest absolute Gasteiger partial charge is 0.491 e. The number of fused-ring (bicyclic) bond motifs is 1. The average Bonchev–Trinajstić information content (AvgIpc) is 2.87. The molecule has 4 heteroatoms. The second-order valence-corrected chi connectivity index (χ2v) is 4.47. The van der Waals surface area contributed by atoms with Crippen molar-refractivity contribution in [1.29, 1.82) is 0 Å². The molecule has 1 aromatic heterocycles. The average molecular weight is 269 g/mol. The van der Waals surface area contributed by atoms with E-state index in [9.17, 15) is 0 Å². The van der Waals surface area contributed by atoms with E-state index in [0.717, 1.165) is 11.1 Å². The molecule has 2 aromatic carbocycles. The maximum atomic E-state index is 8.75. The lowest BCUT2D eigenvalue weighted by Crippen LogP contribution is -2.01. The molecule has 20 heavy (non-hydrogen) atoms. The van der Waals surface area contributed by atoms with Crippen LogP contribution in [0, 0.1) is 0 Å². The van der Waals surface area contributed by atoms with Crippen molar-refractivity contribution in [3.05, 3.63) is 60.0 Å². The Hall–Kier alpha value is -2.33. The molecule has 0 spiro atoms. The molecule has 3 aromatic rings. The summed E-state index contributed by atoms with van der Waals surface area (Å²) in [5.74, 6) is 1.36. The third-order valence-corrected chi connectivity index (χ3v) is 2.96. The van der Waals surface area contributed by atoms with Gasteiger partial charge in [-0.2, -0.15) is 0 Å². The van der Waals surface area contributed by atoms with Crippen molar-refractivity contribution in [3.8, 4) is 5.75 Å². The van der Waals surface area contributed by atoms with E-state index in [-0.39, 0.29) is 13.2 Å². The summed E-state index contributed by atoms with van der Waals surface area (Å²) in [6, 6.07) is 15.6. The van der Waals surface area contributed by atoms with E-state index in [1.165, 1.54) is 0 Å². The van der Waals surface area contributed by atoms with Gasteiger partial charge in [-0.3, -0.25) is 0 Å². The van der Waals surface area contributed by atoms with Gasteiger partial charge >= 0.3 is 0 Å². The van der Waals surface area contributed by atoms with Crippen LogP contribution in [0.4, 0.5) is 0 Å². The maximum absolute atomic E-state index is 8.75. The van der Waals surface area contributed by atoms with Gasteiger partial charge in [0, 0.05) is 12.5 Å². The molecule has 0 amide bonds. The third-order valence-electron chi connectivity index (χ3n) is 2.96. The van der Waals surface area contributed by atoms with E-state index >= 15 is 0 Å². The van der Waals surface area contributed by atoms with Gasteiger partial charge in [-0.25, -0.2) is 4.98 Å². The summed E-state index contributed by atoms with van der Waals surface area (Å²) in [5, 5.41) is 8.75. The predicted octanol–water partition coefficient (Wildman–Crippen LogP) is 2.79. The molecule has 0 atom stereocenters. The summed E-state index contributed by atoms with van der Waals surface area (Å²) < 4.78 is 11.1. The highest BCUT2D eigenvalue weighted by molar-refractivity contribution is 5.74. The topological polar surface area (TPSA) is 55.5 Å². The summed E-state index contributed by atoms with van der Waals surface area (Å²) in [6.45, 7) is 0.268. The normalized spacial score (nSPS) is 10.8. The van der Waals surface area contributed by atoms with Gasteiger partial charge in [0.05, 0.1) is 6.61 Å². The Balaban J connectivity index is 1.83. The number of aliphatic hydroxyl groups excluding tert-OH is 1. The molecule has 0 aliphatic heterocycles. The van der Waals surface area contributed by atoms with E-state index in [4.69, 9.17) is 14.3 Å². The van der Waals surface area contributed by atoms with Crippen molar-refractivity contribution >= 4 is 11.1 Å². The standard InChI is InChI=1S/C16H15NO3/c18-8-9-19-13-6-7-14-15(11-13)20-16(17-14)10-12-4-2-1-3-5-12/h1-7,11,18H,8-10H2. The van der Waals surface area contributed by atoms with Crippen LogP contribution in [0.3, 0.4) is 0 Å². The van der Waals surface area contributed by atoms with Gasteiger partial charge in [0.15, 0.2) is 11.5 Å². The highest BCUT2D eigenvalue weighted by Gasteiger charge is 2.07. The number of ether oxygens (including phenoxy) is 1. The van der Waals surface area contributed by atoms with Gasteiger partial charge in [-0.05, 0) is 17.7 Å². The lowest BCUT2D eigenvalue weighted by Gasteiger charge is -2.02. The van der Waals surface area contributed by atoms with Crippen LogP contribution in [-0.2, 0) is 6.42 Å². The second kappa shape index (κ2) is 5.75. The predicted molar refractivity (Wildman–Crippen MR) is 75.8 cm³/mol. The Morgan fingerprint density at radius 1 is 1.10 bits per heavy atom. The Morgan fingerprint density at radius 2 is 1.95 bits per heavy atom. The van der Waals surface area contributed by atoms with Gasteiger partial charge in [0.2, 0.25) is 0 Å². The molecule has 1 heterocycles. The Bertz CT molecular complexity index is 691. The smallest absolute Gasteiger partial charge is 0.199 e. The van der Waals surface area contributed by atoms with Gasteiger partial charge in [0.25, 0.3) is 0 Å². The fraction of sp³-hybridized carbons (Fsp3) is 0.188. The third kappa shape index (κ3) is 2.81. The first kappa shape index (κ1) is 12.7. The molecule has 4 nitrogen and oxygen atoms in total. The molecule has 3 rings (SSSR count). The number of benzene rings is 2. The monoisotopic (exact) mass is 269 g/mol. The highest BCUT2D eigenvalue weighted by Crippen LogP contribution is 2.22. The van der Waals surface area contributed by atoms with Gasteiger partial charge in [-0.15, -0.1) is 0 Å². The molecule has 0 fully saturated rings. The van der Waals surface area contributed by atoms with Gasteiger partial charge < -0.3 is 14.3 Å². The first-order valence-corrected chi connectivity index (χ1v) is 6.52. The van der Waals surface area contributed by atoms with Crippen LogP contribution in [0.2, 0.25) is 0 Å². The van der Waals surface area contributed by atoms with Gasteiger partial charge in [-0.1, -0.05) is 30.3 Å². The molecule has 0 saturated heterocycles. The highest BCUT2D eigenvalue weighted by atomic mass is 16.5. The van der Waals surface area contributed by atoms with Crippen molar-refractivity contribution in [2.75, 3.05) is 13.2 Å². The lowest BCUT2D eigenvalue weighted by atomic mass is 10.1. The molecule has 0 unspecified atom stereocenters. The summed E-state index contributed by atoms with van der Waals surface area (Å²) in [7, 11) is 0. The molecule has 102 valence electrons. The number of hydrogen-bond donors (Lipinski definition) is 1. The van der Waals surface area contributed by atoms with Crippen molar-refractivity contribution in [3.63, 3.8) is 0 Å². The van der Waals surface area contributed by atoms with Crippen molar-refractivity contribution < 1.29 is 14.3 Å². The minimum absolute atomic E-state index is 0.00625.